The van der Waals surface area contributed by atoms with E-state index in [1.807, 2.05) is 36.4 Å². The van der Waals surface area contributed by atoms with E-state index in [4.69, 9.17) is 14.2 Å². The van der Waals surface area contributed by atoms with E-state index in [0.29, 0.717) is 23.8 Å². The molecule has 0 saturated heterocycles. The molecule has 0 aliphatic rings. The van der Waals surface area contributed by atoms with Crippen LogP contribution in [-0.2, 0) is 9.59 Å². The summed E-state index contributed by atoms with van der Waals surface area (Å²) in [4.78, 5) is 22.0. The molecule has 2 aromatic rings. The average molecular weight is 386 g/mol. The second kappa shape index (κ2) is 10.3. The highest BCUT2D eigenvalue weighted by Crippen LogP contribution is 2.41. The molecule has 0 aliphatic heterocycles. The Morgan fingerprint density at radius 2 is 1.61 bits per heavy atom. The number of benzene rings is 2. The molecular formula is C21H26N2O5. The highest BCUT2D eigenvalue weighted by Gasteiger charge is 2.20. The minimum atomic E-state index is -0.124. The first-order chi connectivity index (χ1) is 13.5. The molecule has 7 nitrogen and oxygen atoms in total. The summed E-state index contributed by atoms with van der Waals surface area (Å²) in [7, 11) is 4.70. The summed E-state index contributed by atoms with van der Waals surface area (Å²) in [6, 6.07) is 11.4. The summed E-state index contributed by atoms with van der Waals surface area (Å²) in [5.41, 5.74) is 2.68. The van der Waals surface area contributed by atoms with Crippen LogP contribution in [0, 0.1) is 0 Å². The van der Waals surface area contributed by atoms with Crippen molar-refractivity contribution < 1.29 is 23.8 Å². The molecule has 1 atom stereocenters. The molecule has 1 amide bonds. The lowest BCUT2D eigenvalue weighted by Crippen LogP contribution is -2.24. The number of hydrogen-bond donors (Lipinski definition) is 2. The summed E-state index contributed by atoms with van der Waals surface area (Å²) in [6.45, 7) is 2.26. The van der Waals surface area contributed by atoms with Crippen LogP contribution in [-0.4, -0.2) is 46.6 Å². The Kier molecular flexibility index (Phi) is 7.83. The number of methoxy groups -OCH3 is 3. The standard InChI is InChI=1S/C21H26N2O5/c1-14(25)23-17-7-5-15(6-8-17)18(13-22-9-10-24)16-11-19(26-2)21(28-4)20(12-16)27-3/h5-8,10-12,18,22H,9,13H2,1-4H3,(H,23,25). The topological polar surface area (TPSA) is 85.9 Å². The first-order valence-corrected chi connectivity index (χ1v) is 8.85. The van der Waals surface area contributed by atoms with Gasteiger partial charge in [0.1, 0.15) is 6.29 Å². The number of rotatable bonds is 10. The molecule has 0 saturated carbocycles. The van der Waals surface area contributed by atoms with Crippen LogP contribution in [0.15, 0.2) is 36.4 Å². The fourth-order valence-electron chi connectivity index (χ4n) is 3.02. The molecule has 7 heteroatoms. The largest absolute Gasteiger partial charge is 0.493 e. The lowest BCUT2D eigenvalue weighted by atomic mass is 9.90. The third-order valence-corrected chi connectivity index (χ3v) is 4.30. The highest BCUT2D eigenvalue weighted by molar-refractivity contribution is 5.88. The minimum Gasteiger partial charge on any atom is -0.493 e. The average Bonchev–Trinajstić information content (AvgIpc) is 2.70. The van der Waals surface area contributed by atoms with Crippen LogP contribution in [0.5, 0.6) is 17.2 Å². The van der Waals surface area contributed by atoms with Crippen molar-refractivity contribution in [2.24, 2.45) is 0 Å². The van der Waals surface area contributed by atoms with Gasteiger partial charge in [-0.05, 0) is 35.4 Å². The summed E-state index contributed by atoms with van der Waals surface area (Å²) < 4.78 is 16.3. The number of carbonyl (C=O) groups is 2. The van der Waals surface area contributed by atoms with E-state index < -0.39 is 0 Å². The van der Waals surface area contributed by atoms with Crippen LogP contribution in [0.25, 0.3) is 0 Å². The zero-order valence-corrected chi connectivity index (χ0v) is 16.6. The number of amides is 1. The molecule has 1 unspecified atom stereocenters. The zero-order valence-electron chi connectivity index (χ0n) is 16.6. The van der Waals surface area contributed by atoms with Gasteiger partial charge >= 0.3 is 0 Å². The van der Waals surface area contributed by atoms with E-state index in [1.54, 1.807) is 21.3 Å². The van der Waals surface area contributed by atoms with Gasteiger partial charge in [0.2, 0.25) is 11.7 Å². The quantitative estimate of drug-likeness (QED) is 0.482. The van der Waals surface area contributed by atoms with Crippen molar-refractivity contribution in [1.29, 1.82) is 0 Å². The molecule has 0 aliphatic carbocycles. The molecule has 150 valence electrons. The van der Waals surface area contributed by atoms with Gasteiger partial charge in [0.15, 0.2) is 11.5 Å². The van der Waals surface area contributed by atoms with Gasteiger partial charge in [-0.25, -0.2) is 0 Å². The normalized spacial score (nSPS) is 11.4. The van der Waals surface area contributed by atoms with Crippen LogP contribution in [0.4, 0.5) is 5.69 Å². The van der Waals surface area contributed by atoms with Crippen molar-refractivity contribution in [3.63, 3.8) is 0 Å². The fraction of sp³-hybridized carbons (Fsp3) is 0.333. The van der Waals surface area contributed by atoms with Gasteiger partial charge in [-0.2, -0.15) is 0 Å². The number of carbonyl (C=O) groups excluding carboxylic acids is 2. The SMILES string of the molecule is COc1cc(C(CNCC=O)c2ccc(NC(C)=O)cc2)cc(OC)c1OC. The first kappa shape index (κ1) is 21.2. The fourth-order valence-corrected chi connectivity index (χ4v) is 3.02. The molecule has 28 heavy (non-hydrogen) atoms. The number of aldehydes is 1. The van der Waals surface area contributed by atoms with Gasteiger partial charge in [0.25, 0.3) is 0 Å². The molecule has 0 bridgehead atoms. The Labute approximate surface area is 165 Å². The van der Waals surface area contributed by atoms with E-state index in [1.165, 1.54) is 6.92 Å². The van der Waals surface area contributed by atoms with Crippen molar-refractivity contribution in [1.82, 2.24) is 5.32 Å². The Balaban J connectivity index is 2.45. The number of nitrogens with one attached hydrogen (secondary N) is 2. The Bertz CT molecular complexity index is 780. The van der Waals surface area contributed by atoms with Crippen LogP contribution >= 0.6 is 0 Å². The Hall–Kier alpha value is -3.06. The van der Waals surface area contributed by atoms with E-state index in [0.717, 1.165) is 23.1 Å². The third-order valence-electron chi connectivity index (χ3n) is 4.30. The predicted molar refractivity (Wildman–Crippen MR) is 108 cm³/mol. The van der Waals surface area contributed by atoms with Crippen molar-refractivity contribution in [2.75, 3.05) is 39.7 Å². The summed E-state index contributed by atoms with van der Waals surface area (Å²) >= 11 is 0. The maximum Gasteiger partial charge on any atom is 0.221 e. The summed E-state index contributed by atoms with van der Waals surface area (Å²) in [6.07, 6.45) is 0.826. The summed E-state index contributed by atoms with van der Waals surface area (Å²) in [5, 5.41) is 5.89. The maximum absolute atomic E-state index is 11.2. The lowest BCUT2D eigenvalue weighted by Gasteiger charge is -2.21. The monoisotopic (exact) mass is 386 g/mol. The Morgan fingerprint density at radius 3 is 2.07 bits per heavy atom. The van der Waals surface area contributed by atoms with Crippen LogP contribution in [0.3, 0.4) is 0 Å². The van der Waals surface area contributed by atoms with E-state index in [2.05, 4.69) is 10.6 Å². The highest BCUT2D eigenvalue weighted by atomic mass is 16.5. The molecule has 0 spiro atoms. The molecule has 0 fully saturated rings. The van der Waals surface area contributed by atoms with Crippen LogP contribution in [0.2, 0.25) is 0 Å². The summed E-state index contributed by atoms with van der Waals surface area (Å²) in [5.74, 6) is 1.45. The van der Waals surface area contributed by atoms with Crippen molar-refractivity contribution >= 4 is 17.9 Å². The molecule has 0 radical (unpaired) electrons. The van der Waals surface area contributed by atoms with E-state index >= 15 is 0 Å². The second-order valence-corrected chi connectivity index (χ2v) is 6.14. The van der Waals surface area contributed by atoms with Crippen molar-refractivity contribution in [3.8, 4) is 17.2 Å². The molecule has 2 rings (SSSR count). The molecule has 0 aromatic heterocycles. The zero-order chi connectivity index (χ0) is 20.5. The van der Waals surface area contributed by atoms with Gasteiger partial charge in [-0.15, -0.1) is 0 Å². The molecule has 2 N–H and O–H groups in total. The van der Waals surface area contributed by atoms with E-state index in [-0.39, 0.29) is 18.4 Å². The van der Waals surface area contributed by atoms with Gasteiger partial charge in [-0.3, -0.25) is 4.79 Å². The van der Waals surface area contributed by atoms with Gasteiger partial charge < -0.3 is 29.6 Å². The lowest BCUT2D eigenvalue weighted by molar-refractivity contribution is -0.114. The van der Waals surface area contributed by atoms with E-state index in [9.17, 15) is 9.59 Å². The van der Waals surface area contributed by atoms with Crippen LogP contribution < -0.4 is 24.8 Å². The second-order valence-electron chi connectivity index (χ2n) is 6.14. The molecule has 2 aromatic carbocycles. The smallest absolute Gasteiger partial charge is 0.221 e. The van der Waals surface area contributed by atoms with Gasteiger partial charge in [-0.1, -0.05) is 12.1 Å². The molecule has 0 heterocycles. The minimum absolute atomic E-state index is 0.0694. The van der Waals surface area contributed by atoms with Gasteiger partial charge in [0.05, 0.1) is 27.9 Å². The number of ether oxygens (including phenoxy) is 3. The Morgan fingerprint density at radius 1 is 1.00 bits per heavy atom. The molecular weight excluding hydrogens is 360 g/mol. The number of hydrogen-bond acceptors (Lipinski definition) is 6. The van der Waals surface area contributed by atoms with Gasteiger partial charge in [0, 0.05) is 25.1 Å². The first-order valence-electron chi connectivity index (χ1n) is 8.85. The van der Waals surface area contributed by atoms with Crippen molar-refractivity contribution in [2.45, 2.75) is 12.8 Å². The number of anilines is 1. The predicted octanol–water partition coefficient (Wildman–Crippen LogP) is 2.59. The van der Waals surface area contributed by atoms with Crippen LogP contribution in [0.1, 0.15) is 24.0 Å². The van der Waals surface area contributed by atoms with Crippen molar-refractivity contribution in [3.05, 3.63) is 47.5 Å². The maximum atomic E-state index is 11.2. The third kappa shape index (κ3) is 5.23.